The first-order valence-corrected chi connectivity index (χ1v) is 16.1. The first-order chi connectivity index (χ1) is 18.4. The SMILES string of the molecule is CC(C)CCC[C@@H](C)[C@H]1CCC2C3CC=C4CC(O)(C5O[C@H](CO)[C@H](O)[C@H](O)[C@H]5O)CC[C@]4(C)C3CC[C@@]21C. The molecule has 6 nitrogen and oxygen atoms in total. The number of fused-ring (bicyclic) bond motifs is 5. The summed E-state index contributed by atoms with van der Waals surface area (Å²) in [6, 6.07) is 0. The van der Waals surface area contributed by atoms with Crippen LogP contribution in [0.1, 0.15) is 105 Å². The van der Waals surface area contributed by atoms with E-state index in [1.165, 1.54) is 50.5 Å². The van der Waals surface area contributed by atoms with E-state index in [1.807, 2.05) is 0 Å². The zero-order chi connectivity index (χ0) is 28.3. The van der Waals surface area contributed by atoms with E-state index in [2.05, 4.69) is 40.7 Å². The second-order valence-corrected chi connectivity index (χ2v) is 15.3. The third kappa shape index (κ3) is 4.97. The zero-order valence-electron chi connectivity index (χ0n) is 25.1. The topological polar surface area (TPSA) is 110 Å². The molecular weight excluding hydrogens is 492 g/mol. The van der Waals surface area contributed by atoms with Gasteiger partial charge in [-0.1, -0.05) is 65.5 Å². The van der Waals surface area contributed by atoms with Crippen molar-refractivity contribution in [2.45, 2.75) is 141 Å². The molecule has 5 N–H and O–H groups in total. The summed E-state index contributed by atoms with van der Waals surface area (Å²) in [5, 5.41) is 52.9. The molecule has 1 aliphatic heterocycles. The highest BCUT2D eigenvalue weighted by atomic mass is 16.6. The van der Waals surface area contributed by atoms with Gasteiger partial charge in [-0.05, 0) is 91.3 Å². The Balaban J connectivity index is 1.32. The van der Waals surface area contributed by atoms with Gasteiger partial charge in [0.2, 0.25) is 0 Å². The lowest BCUT2D eigenvalue weighted by molar-refractivity contribution is -0.275. The lowest BCUT2D eigenvalue weighted by atomic mass is 9.46. The van der Waals surface area contributed by atoms with Crippen molar-refractivity contribution in [3.05, 3.63) is 11.6 Å². The molecule has 0 aromatic rings. The van der Waals surface area contributed by atoms with Crippen LogP contribution in [0.5, 0.6) is 0 Å². The fraction of sp³-hybridized carbons (Fsp3) is 0.939. The predicted octanol–water partition coefficient (Wildman–Crippen LogP) is 4.60. The predicted molar refractivity (Wildman–Crippen MR) is 152 cm³/mol. The van der Waals surface area contributed by atoms with Gasteiger partial charge in [-0.2, -0.15) is 0 Å². The molecule has 0 amide bonds. The van der Waals surface area contributed by atoms with Crippen LogP contribution in [0.2, 0.25) is 0 Å². The van der Waals surface area contributed by atoms with Gasteiger partial charge >= 0.3 is 0 Å². The average molecular weight is 549 g/mol. The molecule has 4 aliphatic carbocycles. The third-order valence-corrected chi connectivity index (χ3v) is 12.8. The minimum Gasteiger partial charge on any atom is -0.394 e. The van der Waals surface area contributed by atoms with Crippen LogP contribution in [0.3, 0.4) is 0 Å². The second-order valence-electron chi connectivity index (χ2n) is 15.3. The van der Waals surface area contributed by atoms with Crippen molar-refractivity contribution in [1.82, 2.24) is 0 Å². The van der Waals surface area contributed by atoms with Crippen LogP contribution in [0.15, 0.2) is 11.6 Å². The fourth-order valence-electron chi connectivity index (χ4n) is 10.5. The molecule has 0 aromatic heterocycles. The van der Waals surface area contributed by atoms with Crippen molar-refractivity contribution >= 4 is 0 Å². The van der Waals surface area contributed by atoms with Crippen molar-refractivity contribution in [1.29, 1.82) is 0 Å². The normalized spacial score (nSPS) is 50.6. The molecule has 39 heavy (non-hydrogen) atoms. The molecule has 5 aliphatic rings. The maximum Gasteiger partial charge on any atom is 0.116 e. The molecule has 0 bridgehead atoms. The van der Waals surface area contributed by atoms with E-state index in [9.17, 15) is 25.5 Å². The van der Waals surface area contributed by atoms with Gasteiger partial charge in [-0.3, -0.25) is 0 Å². The lowest BCUT2D eigenvalue weighted by Crippen LogP contribution is -2.66. The number of aliphatic hydroxyl groups is 5. The summed E-state index contributed by atoms with van der Waals surface area (Å²) < 4.78 is 5.85. The molecule has 1 heterocycles. The summed E-state index contributed by atoms with van der Waals surface area (Å²) >= 11 is 0. The molecule has 5 rings (SSSR count). The van der Waals surface area contributed by atoms with Gasteiger partial charge in [-0.25, -0.2) is 0 Å². The van der Waals surface area contributed by atoms with Crippen molar-refractivity contribution < 1.29 is 30.3 Å². The molecule has 224 valence electrons. The second kappa shape index (κ2) is 11.0. The van der Waals surface area contributed by atoms with Crippen LogP contribution in [0.4, 0.5) is 0 Å². The van der Waals surface area contributed by atoms with Gasteiger partial charge in [-0.15, -0.1) is 0 Å². The molecule has 0 aromatic carbocycles. The van der Waals surface area contributed by atoms with Gasteiger partial charge in [0.25, 0.3) is 0 Å². The molecule has 6 heteroatoms. The Morgan fingerprint density at radius 2 is 1.67 bits per heavy atom. The summed E-state index contributed by atoms with van der Waals surface area (Å²) in [6.07, 6.45) is 8.20. The summed E-state index contributed by atoms with van der Waals surface area (Å²) in [5.41, 5.74) is 0.408. The first-order valence-electron chi connectivity index (χ1n) is 16.1. The van der Waals surface area contributed by atoms with Crippen LogP contribution < -0.4 is 0 Å². The first kappa shape index (κ1) is 30.0. The lowest BCUT2D eigenvalue weighted by Gasteiger charge is -2.60. The Labute approximate surface area is 236 Å². The highest BCUT2D eigenvalue weighted by Gasteiger charge is 2.62. The standard InChI is InChI=1S/C33H56O6/c1-19(2)7-6-8-20(3)23-11-12-24-22-10-9-21-17-33(38,30-29(37)28(36)27(35)26(18-34)39-30)16-15-31(21,4)25(22)13-14-32(23,24)5/h9,19-20,22-30,34-38H,6-8,10-18H2,1-5H3/t20-,22?,23-,24?,25?,26-,27+,28+,29-,30?,31+,32-,33?/m1/s1. The Morgan fingerprint density at radius 1 is 0.923 bits per heavy atom. The smallest absolute Gasteiger partial charge is 0.116 e. The molecule has 4 fully saturated rings. The largest absolute Gasteiger partial charge is 0.394 e. The van der Waals surface area contributed by atoms with Crippen molar-refractivity contribution in [3.63, 3.8) is 0 Å². The van der Waals surface area contributed by atoms with Crippen LogP contribution in [-0.2, 0) is 4.74 Å². The molecule has 3 saturated carbocycles. The van der Waals surface area contributed by atoms with E-state index in [-0.39, 0.29) is 5.41 Å². The van der Waals surface area contributed by atoms with E-state index in [0.29, 0.717) is 30.1 Å². The number of hydrogen-bond acceptors (Lipinski definition) is 6. The van der Waals surface area contributed by atoms with Gasteiger partial charge in [0.05, 0.1) is 12.2 Å². The van der Waals surface area contributed by atoms with Crippen LogP contribution in [0, 0.1) is 46.3 Å². The van der Waals surface area contributed by atoms with Crippen molar-refractivity contribution in [2.75, 3.05) is 6.61 Å². The molecule has 0 radical (unpaired) electrons. The van der Waals surface area contributed by atoms with Crippen molar-refractivity contribution in [3.8, 4) is 0 Å². The van der Waals surface area contributed by atoms with Crippen LogP contribution in [-0.4, -0.2) is 68.3 Å². The maximum absolute atomic E-state index is 11.8. The zero-order valence-corrected chi connectivity index (χ0v) is 25.1. The van der Waals surface area contributed by atoms with E-state index >= 15 is 0 Å². The van der Waals surface area contributed by atoms with Gasteiger partial charge in [0.15, 0.2) is 0 Å². The Kier molecular flexibility index (Phi) is 8.43. The highest BCUT2D eigenvalue weighted by Crippen LogP contribution is 2.68. The van der Waals surface area contributed by atoms with Crippen LogP contribution >= 0.6 is 0 Å². The Hall–Kier alpha value is -0.500. The number of ether oxygens (including phenoxy) is 1. The maximum atomic E-state index is 11.8. The van der Waals surface area contributed by atoms with Gasteiger partial charge < -0.3 is 30.3 Å². The fourth-order valence-corrected chi connectivity index (χ4v) is 10.5. The molecule has 0 spiro atoms. The molecule has 5 unspecified atom stereocenters. The number of aliphatic hydroxyl groups excluding tert-OH is 4. The quantitative estimate of drug-likeness (QED) is 0.298. The van der Waals surface area contributed by atoms with Crippen molar-refractivity contribution in [2.24, 2.45) is 46.3 Å². The average Bonchev–Trinajstić information content (AvgIpc) is 3.25. The Morgan fingerprint density at radius 3 is 2.36 bits per heavy atom. The minimum absolute atomic E-state index is 0.0333. The van der Waals surface area contributed by atoms with E-state index < -0.39 is 42.7 Å². The summed E-state index contributed by atoms with van der Waals surface area (Å²) in [5.74, 6) is 4.50. The summed E-state index contributed by atoms with van der Waals surface area (Å²) in [7, 11) is 0. The molecule has 1 saturated heterocycles. The van der Waals surface area contributed by atoms with E-state index in [1.54, 1.807) is 0 Å². The summed E-state index contributed by atoms with van der Waals surface area (Å²) in [4.78, 5) is 0. The summed E-state index contributed by atoms with van der Waals surface area (Å²) in [6.45, 7) is 11.7. The number of hydrogen-bond donors (Lipinski definition) is 5. The number of allylic oxidation sites excluding steroid dienone is 1. The van der Waals surface area contributed by atoms with Crippen LogP contribution in [0.25, 0.3) is 0 Å². The molecule has 13 atom stereocenters. The third-order valence-electron chi connectivity index (χ3n) is 12.8. The minimum atomic E-state index is -1.46. The van der Waals surface area contributed by atoms with Gasteiger partial charge in [0.1, 0.15) is 30.5 Å². The van der Waals surface area contributed by atoms with E-state index in [4.69, 9.17) is 4.74 Å². The number of rotatable bonds is 7. The van der Waals surface area contributed by atoms with Gasteiger partial charge in [0, 0.05) is 6.42 Å². The highest BCUT2D eigenvalue weighted by molar-refractivity contribution is 5.28. The van der Waals surface area contributed by atoms with E-state index in [0.717, 1.165) is 36.5 Å². The Bertz CT molecular complexity index is 903. The monoisotopic (exact) mass is 548 g/mol. The molecular formula is C33H56O6.